The summed E-state index contributed by atoms with van der Waals surface area (Å²) in [5, 5.41) is 8.86. The topological polar surface area (TPSA) is 98.3 Å². The summed E-state index contributed by atoms with van der Waals surface area (Å²) in [5.74, 6) is 0.740. The molecular formula is C16H31IN6O3. The van der Waals surface area contributed by atoms with E-state index in [0.717, 1.165) is 39.0 Å². The molecule has 2 aliphatic rings. The molecule has 0 bridgehead atoms. The van der Waals surface area contributed by atoms with Crippen molar-refractivity contribution in [1.82, 2.24) is 25.8 Å². The molecule has 1 saturated carbocycles. The van der Waals surface area contributed by atoms with Crippen molar-refractivity contribution < 1.29 is 14.3 Å². The molecular weight excluding hydrogens is 451 g/mol. The number of halogens is 1. The second-order valence-electron chi connectivity index (χ2n) is 6.35. The van der Waals surface area contributed by atoms with E-state index in [-0.39, 0.29) is 42.3 Å². The number of carbonyl (C=O) groups is 2. The molecule has 1 aliphatic carbocycles. The van der Waals surface area contributed by atoms with E-state index in [1.165, 1.54) is 0 Å². The van der Waals surface area contributed by atoms with Crippen LogP contribution in [0.15, 0.2) is 4.99 Å². The minimum atomic E-state index is -0.0893. The molecule has 0 aromatic rings. The van der Waals surface area contributed by atoms with Gasteiger partial charge in [-0.15, -0.1) is 24.0 Å². The number of methoxy groups -OCH3 is 1. The number of rotatable bonds is 8. The molecule has 2 fully saturated rings. The van der Waals surface area contributed by atoms with Crippen LogP contribution in [0, 0.1) is 0 Å². The molecule has 0 aromatic carbocycles. The Morgan fingerprint density at radius 2 is 1.81 bits per heavy atom. The first-order valence-corrected chi connectivity index (χ1v) is 8.85. The number of hydrogen-bond donors (Lipinski definition) is 3. The zero-order valence-electron chi connectivity index (χ0n) is 15.6. The van der Waals surface area contributed by atoms with E-state index in [1.54, 1.807) is 14.2 Å². The Hall–Kier alpha value is -1.14. The number of guanidine groups is 1. The van der Waals surface area contributed by atoms with E-state index < -0.39 is 0 Å². The molecule has 0 atom stereocenters. The Balaban J connectivity index is 0.00000338. The standard InChI is InChI=1S/C16H30N6O3.HI/c1-17-16(19-11-14(23)18-5-10-25-2)22-8-6-21(7-9-22)12-15(24)20-13-3-4-13;/h13H,3-12H2,1-2H3,(H,17,19)(H,18,23)(H,20,24);1H. The predicted octanol–water partition coefficient (Wildman–Crippen LogP) is -1.16. The Morgan fingerprint density at radius 3 is 2.38 bits per heavy atom. The fourth-order valence-electron chi connectivity index (χ4n) is 2.67. The zero-order chi connectivity index (χ0) is 18.1. The van der Waals surface area contributed by atoms with Crippen LogP contribution in [0.4, 0.5) is 0 Å². The number of ether oxygens (including phenoxy) is 1. The van der Waals surface area contributed by atoms with Crippen molar-refractivity contribution >= 4 is 41.8 Å². The third kappa shape index (κ3) is 8.49. The van der Waals surface area contributed by atoms with Gasteiger partial charge in [0.05, 0.1) is 19.7 Å². The van der Waals surface area contributed by atoms with Crippen molar-refractivity contribution in [1.29, 1.82) is 0 Å². The summed E-state index contributed by atoms with van der Waals surface area (Å²) < 4.78 is 4.90. The van der Waals surface area contributed by atoms with Gasteiger partial charge in [0.15, 0.2) is 5.96 Å². The molecule has 3 N–H and O–H groups in total. The lowest BCUT2D eigenvalue weighted by Gasteiger charge is -2.36. The van der Waals surface area contributed by atoms with Crippen LogP contribution in [0.5, 0.6) is 0 Å². The summed E-state index contributed by atoms with van der Waals surface area (Å²) in [6.45, 7) is 4.80. The van der Waals surface area contributed by atoms with Crippen LogP contribution in [-0.2, 0) is 14.3 Å². The van der Waals surface area contributed by atoms with Crippen LogP contribution < -0.4 is 16.0 Å². The highest BCUT2D eigenvalue weighted by Gasteiger charge is 2.25. The normalized spacial score (nSPS) is 18.1. The monoisotopic (exact) mass is 482 g/mol. The quantitative estimate of drug-likeness (QED) is 0.175. The van der Waals surface area contributed by atoms with E-state index in [4.69, 9.17) is 4.74 Å². The number of nitrogens with one attached hydrogen (secondary N) is 3. The second kappa shape index (κ2) is 12.3. The van der Waals surface area contributed by atoms with Crippen molar-refractivity contribution in [3.8, 4) is 0 Å². The lowest BCUT2D eigenvalue weighted by Crippen LogP contribution is -2.55. The van der Waals surface area contributed by atoms with Crippen molar-refractivity contribution in [2.45, 2.75) is 18.9 Å². The van der Waals surface area contributed by atoms with Gasteiger partial charge in [0.1, 0.15) is 0 Å². The van der Waals surface area contributed by atoms with Gasteiger partial charge in [-0.1, -0.05) is 0 Å². The average molecular weight is 482 g/mol. The molecule has 2 rings (SSSR count). The number of amides is 2. The zero-order valence-corrected chi connectivity index (χ0v) is 18.0. The van der Waals surface area contributed by atoms with Crippen LogP contribution in [0.1, 0.15) is 12.8 Å². The highest BCUT2D eigenvalue weighted by molar-refractivity contribution is 14.0. The van der Waals surface area contributed by atoms with Crippen molar-refractivity contribution in [2.24, 2.45) is 4.99 Å². The minimum Gasteiger partial charge on any atom is -0.383 e. The lowest BCUT2D eigenvalue weighted by molar-refractivity contribution is -0.123. The van der Waals surface area contributed by atoms with E-state index in [2.05, 4.69) is 30.7 Å². The third-order valence-corrected chi connectivity index (χ3v) is 4.23. The molecule has 0 unspecified atom stereocenters. The average Bonchev–Trinajstić information content (AvgIpc) is 3.41. The van der Waals surface area contributed by atoms with Gasteiger partial charge >= 0.3 is 0 Å². The van der Waals surface area contributed by atoms with E-state index in [1.807, 2.05) is 0 Å². The molecule has 26 heavy (non-hydrogen) atoms. The largest absolute Gasteiger partial charge is 0.383 e. The third-order valence-electron chi connectivity index (χ3n) is 4.23. The SMILES string of the molecule is CN=C(NCC(=O)NCCOC)N1CCN(CC(=O)NC2CC2)CC1.I. The first-order chi connectivity index (χ1) is 12.1. The van der Waals surface area contributed by atoms with Gasteiger partial charge in [-0.3, -0.25) is 19.5 Å². The molecule has 10 heteroatoms. The summed E-state index contributed by atoms with van der Waals surface area (Å²) in [7, 11) is 3.31. The smallest absolute Gasteiger partial charge is 0.239 e. The Labute approximate surface area is 172 Å². The van der Waals surface area contributed by atoms with E-state index in [0.29, 0.717) is 31.7 Å². The lowest BCUT2D eigenvalue weighted by atomic mass is 10.3. The summed E-state index contributed by atoms with van der Waals surface area (Å²) >= 11 is 0. The molecule has 9 nitrogen and oxygen atoms in total. The predicted molar refractivity (Wildman–Crippen MR) is 111 cm³/mol. The minimum absolute atomic E-state index is 0. The Morgan fingerprint density at radius 1 is 1.12 bits per heavy atom. The highest BCUT2D eigenvalue weighted by Crippen LogP contribution is 2.18. The Kier molecular flexibility index (Phi) is 10.8. The number of aliphatic imine (C=N–C) groups is 1. The number of nitrogens with zero attached hydrogens (tertiary/aromatic N) is 3. The molecule has 0 aromatic heterocycles. The highest BCUT2D eigenvalue weighted by atomic mass is 127. The summed E-state index contributed by atoms with van der Waals surface area (Å²) in [5.41, 5.74) is 0. The summed E-state index contributed by atoms with van der Waals surface area (Å²) in [4.78, 5) is 32.1. The van der Waals surface area contributed by atoms with Crippen LogP contribution in [-0.4, -0.2) is 100 Å². The molecule has 1 saturated heterocycles. The molecule has 150 valence electrons. The van der Waals surface area contributed by atoms with Gasteiger partial charge in [-0.2, -0.15) is 0 Å². The van der Waals surface area contributed by atoms with Gasteiger partial charge in [-0.05, 0) is 12.8 Å². The first kappa shape index (κ1) is 22.9. The number of hydrogen-bond acceptors (Lipinski definition) is 5. The van der Waals surface area contributed by atoms with Crippen molar-refractivity contribution in [3.05, 3.63) is 0 Å². The maximum absolute atomic E-state index is 11.9. The fourth-order valence-corrected chi connectivity index (χ4v) is 2.67. The molecule has 0 spiro atoms. The fraction of sp³-hybridized carbons (Fsp3) is 0.812. The number of carbonyl (C=O) groups excluding carboxylic acids is 2. The van der Waals surface area contributed by atoms with Gasteiger partial charge < -0.3 is 25.6 Å². The maximum atomic E-state index is 11.9. The first-order valence-electron chi connectivity index (χ1n) is 8.85. The van der Waals surface area contributed by atoms with E-state index in [9.17, 15) is 9.59 Å². The second-order valence-corrected chi connectivity index (χ2v) is 6.35. The van der Waals surface area contributed by atoms with Crippen LogP contribution in [0.3, 0.4) is 0 Å². The van der Waals surface area contributed by atoms with Crippen molar-refractivity contribution in [3.63, 3.8) is 0 Å². The molecule has 1 aliphatic heterocycles. The molecule has 1 heterocycles. The maximum Gasteiger partial charge on any atom is 0.239 e. The van der Waals surface area contributed by atoms with Crippen LogP contribution in [0.2, 0.25) is 0 Å². The van der Waals surface area contributed by atoms with E-state index >= 15 is 0 Å². The Bertz CT molecular complexity index is 479. The summed E-state index contributed by atoms with van der Waals surface area (Å²) in [6, 6.07) is 0.409. The van der Waals surface area contributed by atoms with Gasteiger partial charge in [0, 0.05) is 52.9 Å². The van der Waals surface area contributed by atoms with Gasteiger partial charge in [-0.25, -0.2) is 0 Å². The molecule has 2 amide bonds. The van der Waals surface area contributed by atoms with Crippen LogP contribution in [0.25, 0.3) is 0 Å². The van der Waals surface area contributed by atoms with Crippen molar-refractivity contribution in [2.75, 3.05) is 66.6 Å². The summed E-state index contributed by atoms with van der Waals surface area (Å²) in [6.07, 6.45) is 2.22. The molecule has 0 radical (unpaired) electrons. The van der Waals surface area contributed by atoms with Gasteiger partial charge in [0.2, 0.25) is 11.8 Å². The number of piperazine rings is 1. The van der Waals surface area contributed by atoms with Crippen LogP contribution >= 0.6 is 24.0 Å². The van der Waals surface area contributed by atoms with Gasteiger partial charge in [0.25, 0.3) is 0 Å².